The summed E-state index contributed by atoms with van der Waals surface area (Å²) in [5, 5.41) is 9.06. The number of carbonyl (C=O) groups is 1. The number of nitrogens with zero attached hydrogens (tertiary/aromatic N) is 2. The van der Waals surface area contributed by atoms with Gasteiger partial charge in [-0.15, -0.1) is 0 Å². The van der Waals surface area contributed by atoms with Gasteiger partial charge in [-0.3, -0.25) is 9.69 Å². The average molecular weight is 264 g/mol. The highest BCUT2D eigenvalue weighted by Gasteiger charge is 2.15. The first-order valence-electron chi connectivity index (χ1n) is 6.55. The van der Waals surface area contributed by atoms with Crippen molar-refractivity contribution in [2.45, 2.75) is 26.4 Å². The number of benzene rings is 1. The van der Waals surface area contributed by atoms with E-state index in [9.17, 15) is 4.79 Å². The molecule has 4 heteroatoms. The molecule has 0 spiro atoms. The molecular weight excluding hydrogens is 240 g/mol. The number of aryl methyl sites for hydroxylation is 1. The molecule has 0 aromatic heterocycles. The van der Waals surface area contributed by atoms with Gasteiger partial charge in [0.25, 0.3) is 0 Å². The molecule has 19 heavy (non-hydrogen) atoms. The Labute approximate surface area is 115 Å². The van der Waals surface area contributed by atoms with Crippen LogP contribution in [0.5, 0.6) is 0 Å². The van der Waals surface area contributed by atoms with E-state index in [0.717, 1.165) is 5.56 Å². The number of aliphatic hydroxyl groups excluding tert-OH is 1. The van der Waals surface area contributed by atoms with Crippen LogP contribution >= 0.6 is 0 Å². The molecule has 0 aliphatic carbocycles. The molecular formula is C15H24N2O2. The van der Waals surface area contributed by atoms with E-state index in [-0.39, 0.29) is 18.6 Å². The summed E-state index contributed by atoms with van der Waals surface area (Å²) in [6.07, 6.45) is 0. The minimum absolute atomic E-state index is 0.00388. The fraction of sp³-hybridized carbons (Fsp3) is 0.533. The summed E-state index contributed by atoms with van der Waals surface area (Å²) in [6.45, 7) is 4.95. The molecule has 4 nitrogen and oxygen atoms in total. The van der Waals surface area contributed by atoms with Gasteiger partial charge < -0.3 is 10.0 Å². The van der Waals surface area contributed by atoms with Crippen molar-refractivity contribution in [2.75, 3.05) is 27.2 Å². The lowest BCUT2D eigenvalue weighted by Gasteiger charge is -2.25. The van der Waals surface area contributed by atoms with Crippen LogP contribution in [0.15, 0.2) is 24.3 Å². The van der Waals surface area contributed by atoms with Crippen LogP contribution < -0.4 is 0 Å². The van der Waals surface area contributed by atoms with Gasteiger partial charge in [0.2, 0.25) is 5.91 Å². The number of amides is 1. The fourth-order valence-electron chi connectivity index (χ4n) is 1.76. The largest absolute Gasteiger partial charge is 0.395 e. The summed E-state index contributed by atoms with van der Waals surface area (Å²) in [6, 6.07) is 8.07. The number of aliphatic hydroxyl groups is 1. The SMILES string of the molecule is Cc1ccccc1CN(C)C(=O)CN(C)C(C)CO. The van der Waals surface area contributed by atoms with Gasteiger partial charge in [0, 0.05) is 19.6 Å². The second-order valence-electron chi connectivity index (χ2n) is 5.12. The van der Waals surface area contributed by atoms with Crippen molar-refractivity contribution in [3.05, 3.63) is 35.4 Å². The zero-order valence-corrected chi connectivity index (χ0v) is 12.3. The summed E-state index contributed by atoms with van der Waals surface area (Å²) in [7, 11) is 3.66. The normalized spacial score (nSPS) is 12.5. The molecule has 0 aliphatic rings. The van der Waals surface area contributed by atoms with Crippen molar-refractivity contribution in [1.29, 1.82) is 0 Å². The Morgan fingerprint density at radius 1 is 1.32 bits per heavy atom. The number of hydrogen-bond acceptors (Lipinski definition) is 3. The molecule has 1 rings (SSSR count). The molecule has 0 fully saturated rings. The van der Waals surface area contributed by atoms with E-state index in [0.29, 0.717) is 13.1 Å². The van der Waals surface area contributed by atoms with E-state index in [1.807, 2.05) is 57.1 Å². The average Bonchev–Trinajstić information content (AvgIpc) is 2.40. The van der Waals surface area contributed by atoms with E-state index in [4.69, 9.17) is 5.11 Å². The molecule has 1 aromatic rings. The monoisotopic (exact) mass is 264 g/mol. The van der Waals surface area contributed by atoms with Crippen LogP contribution in [-0.2, 0) is 11.3 Å². The second kappa shape index (κ2) is 7.26. The van der Waals surface area contributed by atoms with Crippen molar-refractivity contribution >= 4 is 5.91 Å². The first-order valence-corrected chi connectivity index (χ1v) is 6.55. The maximum absolute atomic E-state index is 12.1. The van der Waals surface area contributed by atoms with Gasteiger partial charge in [-0.05, 0) is 32.0 Å². The smallest absolute Gasteiger partial charge is 0.236 e. The first-order chi connectivity index (χ1) is 8.95. The molecule has 0 heterocycles. The Kier molecular flexibility index (Phi) is 5.99. The Morgan fingerprint density at radius 2 is 1.95 bits per heavy atom. The van der Waals surface area contributed by atoms with Crippen LogP contribution in [0.1, 0.15) is 18.1 Å². The Bertz CT molecular complexity index is 420. The highest BCUT2D eigenvalue weighted by Crippen LogP contribution is 2.09. The highest BCUT2D eigenvalue weighted by atomic mass is 16.3. The third-order valence-corrected chi connectivity index (χ3v) is 3.50. The summed E-state index contributed by atoms with van der Waals surface area (Å²) in [4.78, 5) is 15.7. The predicted octanol–water partition coefficient (Wildman–Crippen LogP) is 1.27. The number of hydrogen-bond donors (Lipinski definition) is 1. The van der Waals surface area contributed by atoms with Crippen LogP contribution in [0.4, 0.5) is 0 Å². The maximum Gasteiger partial charge on any atom is 0.236 e. The quantitative estimate of drug-likeness (QED) is 0.841. The van der Waals surface area contributed by atoms with Gasteiger partial charge in [-0.25, -0.2) is 0 Å². The van der Waals surface area contributed by atoms with E-state index in [2.05, 4.69) is 0 Å². The summed E-state index contributed by atoms with van der Waals surface area (Å²) in [5.74, 6) is 0.0612. The fourth-order valence-corrected chi connectivity index (χ4v) is 1.76. The number of carbonyl (C=O) groups excluding carboxylic acids is 1. The molecule has 1 N–H and O–H groups in total. The lowest BCUT2D eigenvalue weighted by atomic mass is 10.1. The van der Waals surface area contributed by atoms with E-state index < -0.39 is 0 Å². The molecule has 0 aliphatic heterocycles. The van der Waals surface area contributed by atoms with Crippen molar-refractivity contribution in [3.63, 3.8) is 0 Å². The van der Waals surface area contributed by atoms with E-state index in [1.165, 1.54) is 5.56 Å². The minimum atomic E-state index is -0.00388. The first kappa shape index (κ1) is 15.7. The minimum Gasteiger partial charge on any atom is -0.395 e. The topological polar surface area (TPSA) is 43.8 Å². The maximum atomic E-state index is 12.1. The van der Waals surface area contributed by atoms with Gasteiger partial charge in [-0.1, -0.05) is 24.3 Å². The Balaban J connectivity index is 2.56. The Hall–Kier alpha value is -1.39. The molecule has 1 amide bonds. The third kappa shape index (κ3) is 4.65. The highest BCUT2D eigenvalue weighted by molar-refractivity contribution is 5.78. The van der Waals surface area contributed by atoms with Crippen molar-refractivity contribution in [3.8, 4) is 0 Å². The molecule has 0 radical (unpaired) electrons. The van der Waals surface area contributed by atoms with Crippen LogP contribution in [0.25, 0.3) is 0 Å². The standard InChI is InChI=1S/C15H24N2O2/c1-12-7-5-6-8-14(12)9-17(4)15(19)10-16(3)13(2)11-18/h5-8,13,18H,9-11H2,1-4H3. The van der Waals surface area contributed by atoms with Gasteiger partial charge >= 0.3 is 0 Å². The van der Waals surface area contributed by atoms with E-state index >= 15 is 0 Å². The van der Waals surface area contributed by atoms with Gasteiger partial charge in [0.15, 0.2) is 0 Å². The molecule has 0 saturated heterocycles. The van der Waals surface area contributed by atoms with E-state index in [1.54, 1.807) is 4.90 Å². The zero-order chi connectivity index (χ0) is 14.4. The van der Waals surface area contributed by atoms with Gasteiger partial charge in [0.1, 0.15) is 0 Å². The van der Waals surface area contributed by atoms with Crippen molar-refractivity contribution in [1.82, 2.24) is 9.80 Å². The Morgan fingerprint density at radius 3 is 2.53 bits per heavy atom. The van der Waals surface area contributed by atoms with Crippen LogP contribution in [-0.4, -0.2) is 54.1 Å². The van der Waals surface area contributed by atoms with Crippen LogP contribution in [0.3, 0.4) is 0 Å². The molecule has 0 bridgehead atoms. The van der Waals surface area contributed by atoms with Gasteiger partial charge in [-0.2, -0.15) is 0 Å². The second-order valence-corrected chi connectivity index (χ2v) is 5.12. The molecule has 1 unspecified atom stereocenters. The van der Waals surface area contributed by atoms with Crippen LogP contribution in [0.2, 0.25) is 0 Å². The lowest BCUT2D eigenvalue weighted by Crippen LogP contribution is -2.41. The number of rotatable bonds is 6. The van der Waals surface area contributed by atoms with Crippen LogP contribution in [0, 0.1) is 6.92 Å². The van der Waals surface area contributed by atoms with Crippen molar-refractivity contribution < 1.29 is 9.90 Å². The molecule has 106 valence electrons. The predicted molar refractivity (Wildman–Crippen MR) is 76.8 cm³/mol. The summed E-state index contributed by atoms with van der Waals surface area (Å²) < 4.78 is 0. The summed E-state index contributed by atoms with van der Waals surface area (Å²) in [5.41, 5.74) is 2.36. The summed E-state index contributed by atoms with van der Waals surface area (Å²) >= 11 is 0. The van der Waals surface area contributed by atoms with Crippen molar-refractivity contribution in [2.24, 2.45) is 0 Å². The van der Waals surface area contributed by atoms with Gasteiger partial charge in [0.05, 0.1) is 13.2 Å². The third-order valence-electron chi connectivity index (χ3n) is 3.50. The molecule has 0 saturated carbocycles. The molecule has 1 aromatic carbocycles. The lowest BCUT2D eigenvalue weighted by molar-refractivity contribution is -0.131. The number of likely N-dealkylation sites (N-methyl/N-ethyl adjacent to an activating group) is 2. The zero-order valence-electron chi connectivity index (χ0n) is 12.3. The molecule has 1 atom stereocenters.